The summed E-state index contributed by atoms with van der Waals surface area (Å²) in [5.74, 6) is 1.63. The monoisotopic (exact) mass is 365 g/mol. The van der Waals surface area contributed by atoms with Gasteiger partial charge in [0.2, 0.25) is 0 Å². The second-order valence-corrected chi connectivity index (χ2v) is 7.06. The van der Waals surface area contributed by atoms with Crippen molar-refractivity contribution in [2.75, 3.05) is 39.3 Å². The topological polar surface area (TPSA) is 52.5 Å². The molecule has 1 aromatic rings. The minimum Gasteiger partial charge on any atom is -0.357 e. The van der Waals surface area contributed by atoms with Crippen LogP contribution >= 0.6 is 11.6 Å². The molecule has 0 atom stereocenters. The first kappa shape index (κ1) is 20.0. The molecule has 0 amide bonds. The van der Waals surface area contributed by atoms with E-state index in [-0.39, 0.29) is 0 Å². The molecule has 0 unspecified atom stereocenters. The third-order valence-electron chi connectivity index (χ3n) is 4.59. The van der Waals surface area contributed by atoms with Crippen LogP contribution in [0.5, 0.6) is 0 Å². The van der Waals surface area contributed by atoms with Crippen molar-refractivity contribution >= 4 is 17.6 Å². The number of aliphatic imine (C=N–C) groups is 1. The van der Waals surface area contributed by atoms with Crippen molar-refractivity contribution in [3.8, 4) is 0 Å². The van der Waals surface area contributed by atoms with Crippen molar-refractivity contribution in [2.24, 2.45) is 10.9 Å². The zero-order valence-corrected chi connectivity index (χ0v) is 16.4. The molecule has 1 aliphatic heterocycles. The Kier molecular flexibility index (Phi) is 9.05. The van der Waals surface area contributed by atoms with E-state index in [4.69, 9.17) is 16.6 Å². The summed E-state index contributed by atoms with van der Waals surface area (Å²) < 4.78 is 0. The van der Waals surface area contributed by atoms with Crippen molar-refractivity contribution < 1.29 is 0 Å². The van der Waals surface area contributed by atoms with E-state index in [9.17, 15) is 0 Å². The zero-order chi connectivity index (χ0) is 17.9. The summed E-state index contributed by atoms with van der Waals surface area (Å²) in [5.41, 5.74) is 1.18. The van der Waals surface area contributed by atoms with Crippen molar-refractivity contribution in [1.29, 1.82) is 0 Å². The summed E-state index contributed by atoms with van der Waals surface area (Å²) in [7, 11) is 0. The number of likely N-dealkylation sites (tertiary alicyclic amines) is 1. The Hall–Kier alpha value is -1.33. The summed E-state index contributed by atoms with van der Waals surface area (Å²) in [6, 6.07) is 3.85. The molecule has 5 nitrogen and oxygen atoms in total. The summed E-state index contributed by atoms with van der Waals surface area (Å²) >= 11 is 5.82. The van der Waals surface area contributed by atoms with Crippen molar-refractivity contribution in [3.05, 3.63) is 29.0 Å². The van der Waals surface area contributed by atoms with E-state index in [1.807, 2.05) is 18.3 Å². The van der Waals surface area contributed by atoms with Gasteiger partial charge in [0, 0.05) is 25.8 Å². The maximum Gasteiger partial charge on any atom is 0.191 e. The van der Waals surface area contributed by atoms with Gasteiger partial charge in [0.05, 0.1) is 0 Å². The van der Waals surface area contributed by atoms with Crippen LogP contribution in [0.25, 0.3) is 0 Å². The largest absolute Gasteiger partial charge is 0.357 e. The summed E-state index contributed by atoms with van der Waals surface area (Å²) in [4.78, 5) is 11.5. The van der Waals surface area contributed by atoms with Crippen LogP contribution < -0.4 is 10.6 Å². The van der Waals surface area contributed by atoms with Crippen LogP contribution in [0.3, 0.4) is 0 Å². The normalized spacial score (nSPS) is 16.8. The molecule has 6 heteroatoms. The first-order valence-corrected chi connectivity index (χ1v) is 9.94. The Labute approximate surface area is 157 Å². The van der Waals surface area contributed by atoms with Crippen LogP contribution in [0, 0.1) is 5.92 Å². The Morgan fingerprint density at radius 3 is 2.72 bits per heavy atom. The minimum absolute atomic E-state index is 0.539. The predicted molar refractivity (Wildman–Crippen MR) is 106 cm³/mol. The van der Waals surface area contributed by atoms with Crippen LogP contribution in [-0.4, -0.2) is 55.1 Å². The highest BCUT2D eigenvalue weighted by Gasteiger charge is 2.18. The van der Waals surface area contributed by atoms with Gasteiger partial charge in [-0.05, 0) is 69.8 Å². The lowest BCUT2D eigenvalue weighted by Gasteiger charge is -2.31. The minimum atomic E-state index is 0.539. The molecule has 2 rings (SSSR count). The average molecular weight is 366 g/mol. The van der Waals surface area contributed by atoms with Gasteiger partial charge in [0.25, 0.3) is 0 Å². The van der Waals surface area contributed by atoms with Gasteiger partial charge in [-0.1, -0.05) is 24.6 Å². The second-order valence-electron chi connectivity index (χ2n) is 6.67. The van der Waals surface area contributed by atoms with Gasteiger partial charge in [0.1, 0.15) is 5.15 Å². The highest BCUT2D eigenvalue weighted by molar-refractivity contribution is 6.29. The van der Waals surface area contributed by atoms with Crippen molar-refractivity contribution in [2.45, 2.75) is 39.5 Å². The van der Waals surface area contributed by atoms with Gasteiger partial charge in [-0.2, -0.15) is 0 Å². The van der Waals surface area contributed by atoms with Crippen LogP contribution in [0.15, 0.2) is 23.3 Å². The number of nitrogens with one attached hydrogen (secondary N) is 2. The number of halogens is 1. The third kappa shape index (κ3) is 7.61. The fraction of sp³-hybridized carbons (Fsp3) is 0.684. The highest BCUT2D eigenvalue weighted by Crippen LogP contribution is 2.17. The molecule has 2 heterocycles. The van der Waals surface area contributed by atoms with E-state index in [0.717, 1.165) is 32.0 Å². The molecule has 0 bridgehead atoms. The Bertz CT molecular complexity index is 509. The van der Waals surface area contributed by atoms with E-state index < -0.39 is 0 Å². The summed E-state index contributed by atoms with van der Waals surface area (Å²) in [6.45, 7) is 10.7. The smallest absolute Gasteiger partial charge is 0.191 e. The lowest BCUT2D eigenvalue weighted by molar-refractivity contribution is 0.188. The molecule has 0 aliphatic carbocycles. The molecule has 0 radical (unpaired) electrons. The van der Waals surface area contributed by atoms with Crippen LogP contribution in [0.4, 0.5) is 0 Å². The third-order valence-corrected chi connectivity index (χ3v) is 4.82. The highest BCUT2D eigenvalue weighted by atomic mass is 35.5. The molecule has 1 saturated heterocycles. The molecule has 0 saturated carbocycles. The van der Waals surface area contributed by atoms with E-state index in [0.29, 0.717) is 11.1 Å². The van der Waals surface area contributed by atoms with Gasteiger partial charge >= 0.3 is 0 Å². The Balaban J connectivity index is 1.73. The number of aromatic nitrogens is 1. The molecule has 0 spiro atoms. The van der Waals surface area contributed by atoms with Crippen LogP contribution in [0.1, 0.15) is 38.7 Å². The fourth-order valence-electron chi connectivity index (χ4n) is 3.15. The number of piperidine rings is 1. The number of guanidine groups is 1. The number of nitrogens with zero attached hydrogens (tertiary/aromatic N) is 3. The van der Waals surface area contributed by atoms with Gasteiger partial charge < -0.3 is 15.5 Å². The number of pyridine rings is 1. The predicted octanol–water partition coefficient (Wildman–Crippen LogP) is 2.95. The fourth-order valence-corrected chi connectivity index (χ4v) is 3.26. The first-order valence-electron chi connectivity index (χ1n) is 9.56. The molecule has 0 aromatic carbocycles. The Morgan fingerprint density at radius 2 is 2.08 bits per heavy atom. The Morgan fingerprint density at radius 1 is 1.28 bits per heavy atom. The molecule has 1 aromatic heterocycles. The van der Waals surface area contributed by atoms with Crippen LogP contribution in [-0.2, 0) is 6.42 Å². The lowest BCUT2D eigenvalue weighted by Crippen LogP contribution is -2.39. The SMILES string of the molecule is CCCN1CCC(CN=C(NCC)NCCc2ccc(Cl)nc2)CC1. The van der Waals surface area contributed by atoms with Crippen molar-refractivity contribution in [3.63, 3.8) is 0 Å². The summed E-state index contributed by atoms with van der Waals surface area (Å²) in [5, 5.41) is 7.30. The number of hydrogen-bond donors (Lipinski definition) is 2. The van der Waals surface area contributed by atoms with Crippen LogP contribution in [0.2, 0.25) is 5.15 Å². The second kappa shape index (κ2) is 11.3. The van der Waals surface area contributed by atoms with Gasteiger partial charge in [-0.15, -0.1) is 0 Å². The quantitative estimate of drug-likeness (QED) is 0.422. The molecule has 1 aliphatic rings. The molecular weight excluding hydrogens is 334 g/mol. The number of hydrogen-bond acceptors (Lipinski definition) is 3. The zero-order valence-electron chi connectivity index (χ0n) is 15.6. The van der Waals surface area contributed by atoms with Gasteiger partial charge in [-0.3, -0.25) is 4.99 Å². The van der Waals surface area contributed by atoms with E-state index in [2.05, 4.69) is 34.4 Å². The van der Waals surface area contributed by atoms with Gasteiger partial charge in [0.15, 0.2) is 5.96 Å². The van der Waals surface area contributed by atoms with E-state index in [1.165, 1.54) is 44.5 Å². The standard InChI is InChI=1S/C19H32ClN5/c1-3-11-25-12-8-17(9-13-25)15-24-19(21-4-2)22-10-7-16-5-6-18(20)23-14-16/h5-6,14,17H,3-4,7-13,15H2,1-2H3,(H2,21,22,24). The maximum atomic E-state index is 5.82. The van der Waals surface area contributed by atoms with Gasteiger partial charge in [-0.25, -0.2) is 4.98 Å². The maximum absolute atomic E-state index is 5.82. The van der Waals surface area contributed by atoms with E-state index >= 15 is 0 Å². The molecule has 2 N–H and O–H groups in total. The molecular formula is C19H32ClN5. The number of rotatable bonds is 8. The summed E-state index contributed by atoms with van der Waals surface area (Å²) in [6.07, 6.45) is 6.52. The first-order chi connectivity index (χ1) is 12.2. The van der Waals surface area contributed by atoms with Crippen molar-refractivity contribution in [1.82, 2.24) is 20.5 Å². The molecule has 1 fully saturated rings. The molecule has 140 valence electrons. The van der Waals surface area contributed by atoms with E-state index in [1.54, 1.807) is 0 Å². The average Bonchev–Trinajstić information content (AvgIpc) is 2.63. The lowest BCUT2D eigenvalue weighted by atomic mass is 9.97. The molecule has 25 heavy (non-hydrogen) atoms.